The normalized spacial score (nSPS) is 16.6. The summed E-state index contributed by atoms with van der Waals surface area (Å²) in [6.45, 7) is 1.74. The van der Waals surface area contributed by atoms with Gasteiger partial charge in [-0.15, -0.1) is 0 Å². The molecule has 6 heteroatoms. The summed E-state index contributed by atoms with van der Waals surface area (Å²) in [6, 6.07) is 3.12. The fourth-order valence-electron chi connectivity index (χ4n) is 1.40. The van der Waals surface area contributed by atoms with E-state index < -0.39 is 10.2 Å². The highest BCUT2D eigenvalue weighted by molar-refractivity contribution is 7.94. The largest absolute Gasteiger partial charge is 0.321 e. The summed E-state index contributed by atoms with van der Waals surface area (Å²) in [5.41, 5.74) is 2.11. The Labute approximate surface area is 81.3 Å². The molecule has 14 heavy (non-hydrogen) atoms. The molecule has 0 aromatic heterocycles. The standard InChI is InChI=1S/C8H8N2O3S/c1-5-2-6(4-11)3-7-8(5)10-14(12,13)9-7/h2-4,9-10H,1H3. The minimum Gasteiger partial charge on any atom is -0.298 e. The van der Waals surface area contributed by atoms with Crippen LogP contribution in [0, 0.1) is 6.92 Å². The van der Waals surface area contributed by atoms with E-state index in [-0.39, 0.29) is 0 Å². The topological polar surface area (TPSA) is 75.3 Å². The minimum atomic E-state index is -3.47. The SMILES string of the molecule is Cc1cc(C=O)cc2c1NS(=O)(=O)N2. The van der Waals surface area contributed by atoms with Gasteiger partial charge in [-0.25, -0.2) is 0 Å². The summed E-state index contributed by atoms with van der Waals surface area (Å²) in [6.07, 6.45) is 0.680. The highest BCUT2D eigenvalue weighted by Crippen LogP contribution is 2.33. The van der Waals surface area contributed by atoms with E-state index in [0.29, 0.717) is 23.2 Å². The molecule has 0 bridgehead atoms. The van der Waals surface area contributed by atoms with E-state index in [1.165, 1.54) is 6.07 Å². The fourth-order valence-corrected chi connectivity index (χ4v) is 2.44. The average molecular weight is 212 g/mol. The third kappa shape index (κ3) is 1.33. The summed E-state index contributed by atoms with van der Waals surface area (Å²) in [4.78, 5) is 10.5. The Morgan fingerprint density at radius 2 is 2.00 bits per heavy atom. The molecule has 5 nitrogen and oxygen atoms in total. The van der Waals surface area contributed by atoms with Crippen LogP contribution >= 0.6 is 0 Å². The predicted octanol–water partition coefficient (Wildman–Crippen LogP) is 0.890. The van der Waals surface area contributed by atoms with E-state index in [4.69, 9.17) is 0 Å². The summed E-state index contributed by atoms with van der Waals surface area (Å²) in [7, 11) is -3.47. The molecule has 0 saturated heterocycles. The number of rotatable bonds is 1. The maximum absolute atomic E-state index is 11.1. The van der Waals surface area contributed by atoms with Gasteiger partial charge in [-0.2, -0.15) is 8.42 Å². The molecular formula is C8H8N2O3S. The van der Waals surface area contributed by atoms with Crippen molar-refractivity contribution >= 4 is 27.9 Å². The van der Waals surface area contributed by atoms with Gasteiger partial charge >= 0.3 is 10.2 Å². The summed E-state index contributed by atoms with van der Waals surface area (Å²) < 4.78 is 26.9. The molecule has 0 aliphatic carbocycles. The average Bonchev–Trinajstić information content (AvgIpc) is 2.40. The lowest BCUT2D eigenvalue weighted by Gasteiger charge is -2.01. The first-order valence-corrected chi connectivity index (χ1v) is 5.40. The Balaban J connectivity index is 2.63. The van der Waals surface area contributed by atoms with Crippen LogP contribution in [0.25, 0.3) is 0 Å². The molecule has 1 aliphatic heterocycles. The van der Waals surface area contributed by atoms with Gasteiger partial charge in [0.05, 0.1) is 11.4 Å². The molecule has 0 fully saturated rings. The molecular weight excluding hydrogens is 204 g/mol. The molecule has 0 radical (unpaired) electrons. The molecule has 1 aliphatic rings. The first-order chi connectivity index (χ1) is 6.52. The van der Waals surface area contributed by atoms with Crippen LogP contribution in [0.1, 0.15) is 15.9 Å². The van der Waals surface area contributed by atoms with E-state index in [0.717, 1.165) is 5.56 Å². The second kappa shape index (κ2) is 2.71. The zero-order chi connectivity index (χ0) is 10.3. The molecule has 0 saturated carbocycles. The maximum atomic E-state index is 11.1. The summed E-state index contributed by atoms with van der Waals surface area (Å²) in [5.74, 6) is 0. The molecule has 1 heterocycles. The highest BCUT2D eigenvalue weighted by Gasteiger charge is 2.24. The van der Waals surface area contributed by atoms with Gasteiger partial charge in [0, 0.05) is 5.56 Å². The van der Waals surface area contributed by atoms with Crippen molar-refractivity contribution in [2.75, 3.05) is 9.44 Å². The maximum Gasteiger partial charge on any atom is 0.321 e. The summed E-state index contributed by atoms with van der Waals surface area (Å²) in [5, 5.41) is 0. The molecule has 74 valence electrons. The monoisotopic (exact) mass is 212 g/mol. The molecule has 2 rings (SSSR count). The van der Waals surface area contributed by atoms with E-state index in [9.17, 15) is 13.2 Å². The number of carbonyl (C=O) groups is 1. The lowest BCUT2D eigenvalue weighted by molar-refractivity contribution is 0.112. The van der Waals surface area contributed by atoms with Crippen molar-refractivity contribution in [2.24, 2.45) is 0 Å². The molecule has 0 unspecified atom stereocenters. The Kier molecular flexibility index (Phi) is 1.75. The van der Waals surface area contributed by atoms with E-state index in [2.05, 4.69) is 9.44 Å². The number of hydrogen-bond donors (Lipinski definition) is 2. The van der Waals surface area contributed by atoms with Crippen LogP contribution in [0.15, 0.2) is 12.1 Å². The third-order valence-electron chi connectivity index (χ3n) is 1.97. The number of aryl methyl sites for hydroxylation is 1. The van der Waals surface area contributed by atoms with E-state index in [1.807, 2.05) is 0 Å². The molecule has 1 aromatic carbocycles. The zero-order valence-corrected chi connectivity index (χ0v) is 8.18. The highest BCUT2D eigenvalue weighted by atomic mass is 32.2. The lowest BCUT2D eigenvalue weighted by atomic mass is 10.1. The van der Waals surface area contributed by atoms with Crippen molar-refractivity contribution in [2.45, 2.75) is 6.92 Å². The number of fused-ring (bicyclic) bond motifs is 1. The molecule has 1 aromatic rings. The van der Waals surface area contributed by atoms with E-state index in [1.54, 1.807) is 13.0 Å². The van der Waals surface area contributed by atoms with Crippen LogP contribution in [0.4, 0.5) is 11.4 Å². The van der Waals surface area contributed by atoms with Crippen LogP contribution in [0.2, 0.25) is 0 Å². The first kappa shape index (κ1) is 9.01. The number of aldehydes is 1. The minimum absolute atomic E-state index is 0.423. The van der Waals surface area contributed by atoms with Crippen LogP contribution in [0.3, 0.4) is 0 Å². The van der Waals surface area contributed by atoms with Gasteiger partial charge in [-0.05, 0) is 24.6 Å². The first-order valence-electron chi connectivity index (χ1n) is 3.92. The predicted molar refractivity (Wildman–Crippen MR) is 52.7 cm³/mol. The zero-order valence-electron chi connectivity index (χ0n) is 7.37. The van der Waals surface area contributed by atoms with Gasteiger partial charge in [0.2, 0.25) is 0 Å². The van der Waals surface area contributed by atoms with Gasteiger partial charge in [0.1, 0.15) is 6.29 Å². The second-order valence-corrected chi connectivity index (χ2v) is 4.50. The van der Waals surface area contributed by atoms with Crippen molar-refractivity contribution < 1.29 is 13.2 Å². The van der Waals surface area contributed by atoms with Crippen LogP contribution in [-0.2, 0) is 10.2 Å². The van der Waals surface area contributed by atoms with Gasteiger partial charge < -0.3 is 0 Å². The Hall–Kier alpha value is -1.56. The van der Waals surface area contributed by atoms with Gasteiger partial charge in [0.25, 0.3) is 0 Å². The smallest absolute Gasteiger partial charge is 0.298 e. The number of benzene rings is 1. The Morgan fingerprint density at radius 3 is 2.64 bits per heavy atom. The van der Waals surface area contributed by atoms with Crippen LogP contribution in [0.5, 0.6) is 0 Å². The van der Waals surface area contributed by atoms with Gasteiger partial charge in [-0.3, -0.25) is 14.2 Å². The van der Waals surface area contributed by atoms with Crippen LogP contribution in [-0.4, -0.2) is 14.7 Å². The third-order valence-corrected chi connectivity index (χ3v) is 2.94. The molecule has 0 amide bonds. The number of anilines is 2. The fraction of sp³-hybridized carbons (Fsp3) is 0.125. The lowest BCUT2D eigenvalue weighted by Crippen LogP contribution is -2.12. The number of hydrogen-bond acceptors (Lipinski definition) is 3. The Morgan fingerprint density at radius 1 is 1.29 bits per heavy atom. The van der Waals surface area contributed by atoms with Crippen LogP contribution < -0.4 is 9.44 Å². The molecule has 0 spiro atoms. The Bertz CT molecular complexity index is 508. The van der Waals surface area contributed by atoms with Crippen molar-refractivity contribution in [3.8, 4) is 0 Å². The van der Waals surface area contributed by atoms with Crippen molar-refractivity contribution in [1.82, 2.24) is 0 Å². The quantitative estimate of drug-likeness (QED) is 0.679. The van der Waals surface area contributed by atoms with Gasteiger partial charge in [-0.1, -0.05) is 0 Å². The summed E-state index contributed by atoms with van der Waals surface area (Å²) >= 11 is 0. The van der Waals surface area contributed by atoms with Crippen molar-refractivity contribution in [3.63, 3.8) is 0 Å². The van der Waals surface area contributed by atoms with Crippen molar-refractivity contribution in [3.05, 3.63) is 23.3 Å². The number of nitrogens with one attached hydrogen (secondary N) is 2. The van der Waals surface area contributed by atoms with Crippen molar-refractivity contribution in [1.29, 1.82) is 0 Å². The van der Waals surface area contributed by atoms with E-state index >= 15 is 0 Å². The number of carbonyl (C=O) groups excluding carboxylic acids is 1. The second-order valence-electron chi connectivity index (χ2n) is 3.09. The van der Waals surface area contributed by atoms with Gasteiger partial charge in [0.15, 0.2) is 0 Å². The molecule has 2 N–H and O–H groups in total. The molecule has 0 atom stereocenters.